The number of benzene rings is 3. The molecule has 35 heavy (non-hydrogen) atoms. The smallest absolute Gasteiger partial charge is 0.300 e. The van der Waals surface area contributed by atoms with Crippen molar-refractivity contribution in [2.24, 2.45) is 0 Å². The second-order valence-electron chi connectivity index (χ2n) is 7.72. The van der Waals surface area contributed by atoms with Crippen molar-refractivity contribution in [2.45, 2.75) is 13.0 Å². The van der Waals surface area contributed by atoms with E-state index < -0.39 is 28.4 Å². The molecule has 1 aliphatic heterocycles. The fourth-order valence-corrected chi connectivity index (χ4v) is 4.08. The van der Waals surface area contributed by atoms with E-state index in [0.29, 0.717) is 10.7 Å². The predicted octanol–water partition coefficient (Wildman–Crippen LogP) is 4.83. The number of Topliss-reactive ketones (excluding diaryl/α,β-unsaturated/α-hetero) is 1. The lowest BCUT2D eigenvalue weighted by atomic mass is 9.94. The largest absolute Gasteiger partial charge is 0.507 e. The number of nitrogens with one attached hydrogen (secondary N) is 1. The zero-order valence-corrected chi connectivity index (χ0v) is 19.0. The molecule has 9 nitrogen and oxygen atoms in total. The Labute approximate surface area is 204 Å². The highest BCUT2D eigenvalue weighted by molar-refractivity contribution is 6.51. The van der Waals surface area contributed by atoms with Gasteiger partial charge in [0.05, 0.1) is 16.1 Å². The number of rotatable bonds is 5. The number of nitrogens with zero attached hydrogens (tertiary/aromatic N) is 2. The van der Waals surface area contributed by atoms with Crippen LogP contribution in [-0.4, -0.2) is 27.6 Å². The summed E-state index contributed by atoms with van der Waals surface area (Å²) in [5.41, 5.74) is 0.370. The van der Waals surface area contributed by atoms with E-state index in [1.807, 2.05) is 0 Å². The van der Waals surface area contributed by atoms with Crippen molar-refractivity contribution in [3.8, 4) is 0 Å². The number of carbonyl (C=O) groups is 3. The average molecular weight is 492 g/mol. The van der Waals surface area contributed by atoms with Crippen LogP contribution in [0.25, 0.3) is 5.76 Å². The molecule has 0 spiro atoms. The molecule has 0 aromatic heterocycles. The molecule has 10 heteroatoms. The number of nitro groups is 1. The quantitative estimate of drug-likeness (QED) is 0.173. The van der Waals surface area contributed by atoms with E-state index in [1.54, 1.807) is 6.07 Å². The fraction of sp³-hybridized carbons (Fsp3) is 0.0800. The molecular weight excluding hydrogens is 474 g/mol. The molecule has 0 radical (unpaired) electrons. The Morgan fingerprint density at radius 1 is 1.03 bits per heavy atom. The van der Waals surface area contributed by atoms with Crippen molar-refractivity contribution in [1.82, 2.24) is 0 Å². The van der Waals surface area contributed by atoms with Gasteiger partial charge in [-0.3, -0.25) is 29.4 Å². The Bertz CT molecular complexity index is 1380. The van der Waals surface area contributed by atoms with Gasteiger partial charge in [0.1, 0.15) is 11.8 Å². The number of nitro benzene ring substituents is 1. The van der Waals surface area contributed by atoms with Crippen LogP contribution in [-0.2, 0) is 14.4 Å². The number of aliphatic hydroxyl groups is 1. The van der Waals surface area contributed by atoms with Crippen LogP contribution in [0.4, 0.5) is 17.1 Å². The lowest BCUT2D eigenvalue weighted by molar-refractivity contribution is -0.385. The van der Waals surface area contributed by atoms with Crippen LogP contribution in [0.15, 0.2) is 78.4 Å². The second-order valence-corrected chi connectivity index (χ2v) is 8.16. The van der Waals surface area contributed by atoms with E-state index in [1.165, 1.54) is 73.7 Å². The van der Waals surface area contributed by atoms with Crippen LogP contribution >= 0.6 is 11.6 Å². The summed E-state index contributed by atoms with van der Waals surface area (Å²) in [4.78, 5) is 50.0. The van der Waals surface area contributed by atoms with Gasteiger partial charge in [0.15, 0.2) is 0 Å². The van der Waals surface area contributed by atoms with Crippen LogP contribution in [0.3, 0.4) is 0 Å². The molecule has 1 atom stereocenters. The van der Waals surface area contributed by atoms with Crippen LogP contribution < -0.4 is 10.2 Å². The predicted molar refractivity (Wildman–Crippen MR) is 130 cm³/mol. The molecule has 176 valence electrons. The maximum Gasteiger partial charge on any atom is 0.300 e. The molecule has 1 fully saturated rings. The third-order valence-electron chi connectivity index (χ3n) is 5.46. The highest BCUT2D eigenvalue weighted by Crippen LogP contribution is 2.44. The zero-order chi connectivity index (χ0) is 25.3. The minimum atomic E-state index is -1.28. The van der Waals surface area contributed by atoms with Crippen molar-refractivity contribution in [1.29, 1.82) is 0 Å². The van der Waals surface area contributed by atoms with E-state index in [2.05, 4.69) is 5.32 Å². The minimum absolute atomic E-state index is 0.0538. The number of aliphatic hydroxyl groups excluding tert-OH is 1. The summed E-state index contributed by atoms with van der Waals surface area (Å²) < 4.78 is 0. The van der Waals surface area contributed by atoms with E-state index >= 15 is 0 Å². The first-order chi connectivity index (χ1) is 16.7. The third kappa shape index (κ3) is 4.49. The Morgan fingerprint density at radius 3 is 2.26 bits per heavy atom. The molecule has 0 saturated carbocycles. The summed E-state index contributed by atoms with van der Waals surface area (Å²) in [6.45, 7) is 1.34. The maximum atomic E-state index is 13.2. The monoisotopic (exact) mass is 491 g/mol. The Hall–Kier alpha value is -4.50. The summed E-state index contributed by atoms with van der Waals surface area (Å²) in [6, 6.07) is 16.5. The molecule has 1 saturated heterocycles. The van der Waals surface area contributed by atoms with Gasteiger partial charge in [-0.15, -0.1) is 0 Å². The first kappa shape index (κ1) is 23.7. The van der Waals surface area contributed by atoms with Gasteiger partial charge in [0.2, 0.25) is 5.91 Å². The van der Waals surface area contributed by atoms with Crippen molar-refractivity contribution < 1.29 is 24.4 Å². The Morgan fingerprint density at radius 2 is 1.66 bits per heavy atom. The SMILES string of the molecule is CC(=O)Nc1ccc(N2C(=O)C(=O)C(=C(O)c3ccc(Cl)cc3)[C@@H]2c2ccccc2[N+](=O)[O-])cc1. The maximum absolute atomic E-state index is 13.2. The van der Waals surface area contributed by atoms with Crippen molar-refractivity contribution in [3.63, 3.8) is 0 Å². The summed E-state index contributed by atoms with van der Waals surface area (Å²) >= 11 is 5.93. The van der Waals surface area contributed by atoms with Gasteiger partial charge in [-0.25, -0.2) is 0 Å². The molecule has 4 rings (SSSR count). The van der Waals surface area contributed by atoms with Gasteiger partial charge >= 0.3 is 0 Å². The van der Waals surface area contributed by atoms with Crippen LogP contribution in [0.2, 0.25) is 5.02 Å². The standard InChI is InChI=1S/C25H18ClN3O6/c1-14(30)27-17-10-12-18(13-11-17)28-22(19-4-2-3-5-20(19)29(34)35)21(24(32)25(28)33)23(31)15-6-8-16(26)9-7-15/h2-13,22,31H,1H3,(H,27,30)/t22-/m0/s1. The molecule has 3 aromatic rings. The lowest BCUT2D eigenvalue weighted by Crippen LogP contribution is -2.29. The number of carbonyl (C=O) groups excluding carboxylic acids is 3. The molecule has 1 aliphatic rings. The van der Waals surface area contributed by atoms with Gasteiger partial charge in [0, 0.05) is 35.0 Å². The highest BCUT2D eigenvalue weighted by Gasteiger charge is 2.48. The van der Waals surface area contributed by atoms with E-state index in [-0.39, 0.29) is 34.0 Å². The third-order valence-corrected chi connectivity index (χ3v) is 5.71. The summed E-state index contributed by atoms with van der Waals surface area (Å²) in [5, 5.41) is 25.9. The number of amides is 2. The van der Waals surface area contributed by atoms with Gasteiger partial charge in [-0.2, -0.15) is 0 Å². The summed E-state index contributed by atoms with van der Waals surface area (Å²) in [7, 11) is 0. The minimum Gasteiger partial charge on any atom is -0.507 e. The number of halogens is 1. The molecule has 3 aromatic carbocycles. The van der Waals surface area contributed by atoms with Crippen LogP contribution in [0.1, 0.15) is 24.1 Å². The van der Waals surface area contributed by atoms with Crippen molar-refractivity contribution >= 4 is 52.0 Å². The van der Waals surface area contributed by atoms with Crippen molar-refractivity contribution in [2.75, 3.05) is 10.2 Å². The summed E-state index contributed by atoms with van der Waals surface area (Å²) in [5.74, 6) is -2.73. The van der Waals surface area contributed by atoms with Gasteiger partial charge < -0.3 is 10.4 Å². The second kappa shape index (κ2) is 9.40. The number of hydrogen-bond acceptors (Lipinski definition) is 6. The van der Waals surface area contributed by atoms with Gasteiger partial charge in [-0.1, -0.05) is 23.7 Å². The van der Waals surface area contributed by atoms with Crippen LogP contribution in [0, 0.1) is 10.1 Å². The molecule has 0 aliphatic carbocycles. The molecule has 0 unspecified atom stereocenters. The highest BCUT2D eigenvalue weighted by atomic mass is 35.5. The molecule has 2 amide bonds. The number of ketones is 1. The topological polar surface area (TPSA) is 130 Å². The zero-order valence-electron chi connectivity index (χ0n) is 18.3. The summed E-state index contributed by atoms with van der Waals surface area (Å²) in [6.07, 6.45) is 0. The molecule has 2 N–H and O–H groups in total. The molecule has 1 heterocycles. The molecular formula is C25H18ClN3O6. The Kier molecular flexibility index (Phi) is 6.35. The van der Waals surface area contributed by atoms with Gasteiger partial charge in [-0.05, 0) is 54.6 Å². The normalized spacial score (nSPS) is 16.9. The van der Waals surface area contributed by atoms with Crippen molar-refractivity contribution in [3.05, 3.63) is 105 Å². The van der Waals surface area contributed by atoms with Crippen LogP contribution in [0.5, 0.6) is 0 Å². The number of anilines is 2. The Balaban J connectivity index is 1.94. The number of para-hydroxylation sites is 1. The van der Waals surface area contributed by atoms with Gasteiger partial charge in [0.25, 0.3) is 17.4 Å². The first-order valence-electron chi connectivity index (χ1n) is 10.4. The average Bonchev–Trinajstić information content (AvgIpc) is 3.09. The fourth-order valence-electron chi connectivity index (χ4n) is 3.95. The number of hydrogen-bond donors (Lipinski definition) is 2. The lowest BCUT2D eigenvalue weighted by Gasteiger charge is -2.25. The molecule has 0 bridgehead atoms. The first-order valence-corrected chi connectivity index (χ1v) is 10.7. The van der Waals surface area contributed by atoms with E-state index in [9.17, 15) is 29.6 Å². The van der Waals surface area contributed by atoms with E-state index in [4.69, 9.17) is 11.6 Å². The van der Waals surface area contributed by atoms with E-state index in [0.717, 1.165) is 4.90 Å².